The summed E-state index contributed by atoms with van der Waals surface area (Å²) in [5.74, 6) is 0.514. The molecule has 0 aromatic heterocycles. The molecule has 1 saturated carbocycles. The van der Waals surface area contributed by atoms with Crippen molar-refractivity contribution in [2.75, 3.05) is 0 Å². The Hall–Kier alpha value is -5.74. The third-order valence-electron chi connectivity index (χ3n) is 13.6. The van der Waals surface area contributed by atoms with Crippen LogP contribution in [0.1, 0.15) is 137 Å². The summed E-state index contributed by atoms with van der Waals surface area (Å²) in [6.07, 6.45) is 7.71. The van der Waals surface area contributed by atoms with Crippen molar-refractivity contribution >= 4 is 12.4 Å². The van der Waals surface area contributed by atoms with E-state index in [1.807, 2.05) is 24.6 Å². The van der Waals surface area contributed by atoms with Gasteiger partial charge < -0.3 is 10.2 Å². The van der Waals surface area contributed by atoms with Crippen LogP contribution in [0, 0.1) is 0 Å². The van der Waals surface area contributed by atoms with E-state index in [9.17, 15) is 10.2 Å². The van der Waals surface area contributed by atoms with Crippen molar-refractivity contribution < 1.29 is 10.2 Å². The first-order chi connectivity index (χ1) is 28.6. The maximum atomic E-state index is 12.1. The van der Waals surface area contributed by atoms with Gasteiger partial charge in [0.1, 0.15) is 11.5 Å². The largest absolute Gasteiger partial charge is 0.507 e. The first kappa shape index (κ1) is 42.4. The molecule has 0 heterocycles. The predicted molar refractivity (Wildman–Crippen MR) is 252 cm³/mol. The number of aromatic hydroxyl groups is 2. The van der Waals surface area contributed by atoms with E-state index in [1.54, 1.807) is 0 Å². The van der Waals surface area contributed by atoms with Crippen molar-refractivity contribution in [2.45, 2.75) is 115 Å². The van der Waals surface area contributed by atoms with Gasteiger partial charge in [-0.05, 0) is 58.4 Å². The molecule has 6 aromatic carbocycles. The topological polar surface area (TPSA) is 65.2 Å². The van der Waals surface area contributed by atoms with Crippen LogP contribution in [-0.4, -0.2) is 34.7 Å². The van der Waals surface area contributed by atoms with Gasteiger partial charge in [-0.15, -0.1) is 0 Å². The Morgan fingerprint density at radius 2 is 0.683 bits per heavy atom. The van der Waals surface area contributed by atoms with E-state index >= 15 is 0 Å². The minimum atomic E-state index is -0.464. The molecule has 1 fully saturated rings. The third-order valence-corrected chi connectivity index (χ3v) is 13.6. The van der Waals surface area contributed by atoms with Crippen molar-refractivity contribution in [3.05, 3.63) is 201 Å². The molecule has 308 valence electrons. The van der Waals surface area contributed by atoms with Gasteiger partial charge in [-0.25, -0.2) is 0 Å². The average Bonchev–Trinajstić information content (AvgIpc) is 3.27. The molecule has 2 unspecified atom stereocenters. The zero-order valence-corrected chi connectivity index (χ0v) is 36.8. The Labute approximate surface area is 358 Å². The molecule has 4 heteroatoms. The number of hydrogen-bond donors (Lipinski definition) is 2. The number of hydrogen-bond acceptors (Lipinski definition) is 4. The SMILES string of the molecule is CC(C)(c1ccccc1)c1cc(C=NC2CCCCC2N=Cc2cc(C(C)(C)c3ccccc3)cc(C(C)(C)c3ccccc3)c2O)c(O)c(C(C)(C)c2ccccc2)c1. The second-order valence-corrected chi connectivity index (χ2v) is 18.9. The van der Waals surface area contributed by atoms with E-state index in [2.05, 4.69) is 189 Å². The summed E-state index contributed by atoms with van der Waals surface area (Å²) < 4.78 is 0. The van der Waals surface area contributed by atoms with E-state index in [0.29, 0.717) is 11.1 Å². The lowest BCUT2D eigenvalue weighted by molar-refractivity contribution is 0.390. The molecule has 0 spiro atoms. The van der Waals surface area contributed by atoms with E-state index < -0.39 is 10.8 Å². The third kappa shape index (κ3) is 8.48. The molecule has 0 aliphatic heterocycles. The van der Waals surface area contributed by atoms with E-state index in [-0.39, 0.29) is 34.4 Å². The van der Waals surface area contributed by atoms with E-state index in [1.165, 1.54) is 11.1 Å². The fourth-order valence-corrected chi connectivity index (χ4v) is 9.04. The number of phenols is 2. The summed E-state index contributed by atoms with van der Waals surface area (Å²) in [5.41, 5.74) is 8.52. The van der Waals surface area contributed by atoms with Gasteiger partial charge >= 0.3 is 0 Å². The summed E-state index contributed by atoms with van der Waals surface area (Å²) in [5, 5.41) is 24.2. The van der Waals surface area contributed by atoms with Crippen LogP contribution >= 0.6 is 0 Å². The monoisotopic (exact) mass is 794 g/mol. The van der Waals surface area contributed by atoms with Crippen LogP contribution in [0.4, 0.5) is 0 Å². The maximum absolute atomic E-state index is 12.1. The molecule has 6 aromatic rings. The molecule has 0 saturated heterocycles. The fourth-order valence-electron chi connectivity index (χ4n) is 9.04. The van der Waals surface area contributed by atoms with E-state index in [0.717, 1.165) is 59.1 Å². The highest BCUT2D eigenvalue weighted by atomic mass is 16.3. The highest BCUT2D eigenvalue weighted by Crippen LogP contribution is 2.44. The standard InChI is InChI=1S/C56H62N2O2/c1-53(2,41-23-13-9-14-24-41)45-33-39(51(59)47(35-45)55(5,6)43-27-17-11-18-28-43)37-57-49-31-21-22-32-50(49)58-38-40-34-46(54(3,4)42-25-15-10-16-26-42)36-48(52(40)60)56(7,8)44-29-19-12-20-30-44/h9-20,23-30,33-38,49-50,59-60H,21-22,31-32H2,1-8H3. The normalized spacial score (nSPS) is 16.7. The molecular weight excluding hydrogens is 733 g/mol. The molecule has 1 aliphatic rings. The number of benzene rings is 6. The van der Waals surface area contributed by atoms with Crippen molar-refractivity contribution in [3.8, 4) is 11.5 Å². The molecule has 1 aliphatic carbocycles. The molecule has 0 radical (unpaired) electrons. The minimum absolute atomic E-state index is 0.0721. The van der Waals surface area contributed by atoms with Gasteiger partial charge in [-0.1, -0.05) is 202 Å². The van der Waals surface area contributed by atoms with Gasteiger partial charge in [0.15, 0.2) is 0 Å². The molecule has 2 atom stereocenters. The second-order valence-electron chi connectivity index (χ2n) is 18.9. The smallest absolute Gasteiger partial charge is 0.128 e. The van der Waals surface area contributed by atoms with Crippen molar-refractivity contribution in [2.24, 2.45) is 9.98 Å². The Bertz CT molecular complexity index is 2270. The molecule has 60 heavy (non-hydrogen) atoms. The lowest BCUT2D eigenvalue weighted by Gasteiger charge is -2.32. The number of phenolic OH excluding ortho intramolecular Hbond substituents is 2. The van der Waals surface area contributed by atoms with Crippen molar-refractivity contribution in [1.29, 1.82) is 0 Å². The van der Waals surface area contributed by atoms with Crippen LogP contribution < -0.4 is 0 Å². The quantitative estimate of drug-likeness (QED) is 0.121. The first-order valence-corrected chi connectivity index (χ1v) is 21.7. The average molecular weight is 795 g/mol. The maximum Gasteiger partial charge on any atom is 0.128 e. The van der Waals surface area contributed by atoms with Gasteiger partial charge in [-0.2, -0.15) is 0 Å². The van der Waals surface area contributed by atoms with Crippen LogP contribution in [0.2, 0.25) is 0 Å². The Kier molecular flexibility index (Phi) is 12.1. The van der Waals surface area contributed by atoms with Gasteiger partial charge in [-0.3, -0.25) is 9.98 Å². The van der Waals surface area contributed by atoms with Crippen LogP contribution in [0.5, 0.6) is 11.5 Å². The zero-order chi connectivity index (χ0) is 42.7. The lowest BCUT2D eigenvalue weighted by atomic mass is 9.72. The Morgan fingerprint density at radius 3 is 0.983 bits per heavy atom. The van der Waals surface area contributed by atoms with Crippen LogP contribution in [-0.2, 0) is 21.7 Å². The molecule has 0 bridgehead atoms. The molecule has 4 nitrogen and oxygen atoms in total. The van der Waals surface area contributed by atoms with Crippen molar-refractivity contribution in [1.82, 2.24) is 0 Å². The lowest BCUT2D eigenvalue weighted by Crippen LogP contribution is -2.27. The van der Waals surface area contributed by atoms with Gasteiger partial charge in [0.2, 0.25) is 0 Å². The van der Waals surface area contributed by atoms with Gasteiger partial charge in [0, 0.05) is 56.3 Å². The van der Waals surface area contributed by atoms with Crippen LogP contribution in [0.25, 0.3) is 0 Å². The zero-order valence-electron chi connectivity index (χ0n) is 36.8. The highest BCUT2D eigenvalue weighted by Gasteiger charge is 2.34. The molecule has 0 amide bonds. The van der Waals surface area contributed by atoms with Gasteiger partial charge in [0.25, 0.3) is 0 Å². The van der Waals surface area contributed by atoms with Crippen molar-refractivity contribution in [3.63, 3.8) is 0 Å². The summed E-state index contributed by atoms with van der Waals surface area (Å²) in [6, 6.07) is 50.4. The summed E-state index contributed by atoms with van der Waals surface area (Å²) in [7, 11) is 0. The Morgan fingerprint density at radius 1 is 0.400 bits per heavy atom. The summed E-state index contributed by atoms with van der Waals surface area (Å²) >= 11 is 0. The van der Waals surface area contributed by atoms with Gasteiger partial charge in [0.05, 0.1) is 12.1 Å². The van der Waals surface area contributed by atoms with Crippen LogP contribution in [0.15, 0.2) is 156 Å². The number of aliphatic imine (C=N–C) groups is 2. The second kappa shape index (κ2) is 17.1. The molecule has 7 rings (SSSR count). The first-order valence-electron chi connectivity index (χ1n) is 21.7. The Balaban J connectivity index is 1.28. The van der Waals surface area contributed by atoms with Crippen LogP contribution in [0.3, 0.4) is 0 Å². The summed E-state index contributed by atoms with van der Waals surface area (Å²) in [4.78, 5) is 10.5. The number of nitrogens with zero attached hydrogens (tertiary/aromatic N) is 2. The predicted octanol–water partition coefficient (Wildman–Crippen LogP) is 13.3. The minimum Gasteiger partial charge on any atom is -0.507 e. The fraction of sp³-hybridized carbons (Fsp3) is 0.321. The highest BCUT2D eigenvalue weighted by molar-refractivity contribution is 5.87. The van der Waals surface area contributed by atoms with E-state index in [4.69, 9.17) is 9.98 Å². The summed E-state index contributed by atoms with van der Waals surface area (Å²) in [6.45, 7) is 17.7. The number of rotatable bonds is 12. The molecular formula is C56H62N2O2. The molecule has 2 N–H and O–H groups in total.